The number of carbonyl (C=O) groups is 1. The second kappa shape index (κ2) is 7.75. The Morgan fingerprint density at radius 1 is 1.05 bits per heavy atom. The first kappa shape index (κ1) is 15.5. The molecule has 3 N–H and O–H groups in total. The number of amides is 2. The van der Waals surface area contributed by atoms with E-state index in [2.05, 4.69) is 15.4 Å². The van der Waals surface area contributed by atoms with Crippen LogP contribution in [0.2, 0.25) is 0 Å². The molecule has 0 unspecified atom stereocenters. The Bertz CT molecular complexity index is 488. The number of nitrogens with one attached hydrogen (secondary N) is 3. The zero-order valence-electron chi connectivity index (χ0n) is 10.8. The molecule has 0 atom stereocenters. The molecule has 0 spiro atoms. The molecule has 1 aromatic rings. The van der Waals surface area contributed by atoms with Crippen LogP contribution >= 0.6 is 0 Å². The van der Waals surface area contributed by atoms with Crippen LogP contribution < -0.4 is 15.4 Å². The molecule has 19 heavy (non-hydrogen) atoms. The van der Waals surface area contributed by atoms with Crippen LogP contribution in [-0.4, -0.2) is 40.3 Å². The van der Waals surface area contributed by atoms with Crippen molar-refractivity contribution in [3.05, 3.63) is 35.9 Å². The van der Waals surface area contributed by atoms with Gasteiger partial charge < -0.3 is 10.6 Å². The van der Waals surface area contributed by atoms with Crippen molar-refractivity contribution in [2.24, 2.45) is 0 Å². The van der Waals surface area contributed by atoms with Gasteiger partial charge in [0.2, 0.25) is 10.0 Å². The van der Waals surface area contributed by atoms with E-state index in [-0.39, 0.29) is 19.1 Å². The summed E-state index contributed by atoms with van der Waals surface area (Å²) in [5.74, 6) is 0. The van der Waals surface area contributed by atoms with Crippen molar-refractivity contribution in [3.8, 4) is 0 Å². The molecule has 2 amide bonds. The van der Waals surface area contributed by atoms with Gasteiger partial charge in [0.05, 0.1) is 6.26 Å². The molecule has 0 aliphatic rings. The van der Waals surface area contributed by atoms with E-state index in [1.807, 2.05) is 30.3 Å². The van der Waals surface area contributed by atoms with E-state index >= 15 is 0 Å². The fourth-order valence-electron chi connectivity index (χ4n) is 1.44. The molecule has 0 aromatic heterocycles. The largest absolute Gasteiger partial charge is 0.338 e. The second-order valence-electron chi connectivity index (χ2n) is 4.08. The minimum absolute atomic E-state index is 0.185. The van der Waals surface area contributed by atoms with E-state index in [0.29, 0.717) is 6.54 Å². The van der Waals surface area contributed by atoms with Crippen LogP contribution in [0.3, 0.4) is 0 Å². The number of benzene rings is 1. The van der Waals surface area contributed by atoms with Gasteiger partial charge in [-0.1, -0.05) is 30.3 Å². The molecular weight excluding hydrogens is 266 g/mol. The van der Waals surface area contributed by atoms with E-state index in [4.69, 9.17) is 0 Å². The lowest BCUT2D eigenvalue weighted by Crippen LogP contribution is -2.40. The molecule has 0 aliphatic carbocycles. The summed E-state index contributed by atoms with van der Waals surface area (Å²) in [4.78, 5) is 11.4. The summed E-state index contributed by atoms with van der Waals surface area (Å²) in [6.45, 7) is 0.977. The van der Waals surface area contributed by atoms with Crippen molar-refractivity contribution in [3.63, 3.8) is 0 Å². The monoisotopic (exact) mass is 285 g/mol. The van der Waals surface area contributed by atoms with E-state index < -0.39 is 10.0 Å². The lowest BCUT2D eigenvalue weighted by Gasteiger charge is -2.07. The maximum absolute atomic E-state index is 11.4. The van der Waals surface area contributed by atoms with Crippen LogP contribution in [0.1, 0.15) is 5.56 Å². The molecule has 0 fully saturated rings. The first-order valence-corrected chi connectivity index (χ1v) is 7.87. The van der Waals surface area contributed by atoms with Crippen LogP contribution in [0.25, 0.3) is 0 Å². The van der Waals surface area contributed by atoms with Crippen molar-refractivity contribution in [1.29, 1.82) is 0 Å². The number of sulfonamides is 1. The van der Waals surface area contributed by atoms with Crippen LogP contribution in [-0.2, 0) is 16.4 Å². The molecule has 0 saturated heterocycles. The van der Waals surface area contributed by atoms with Gasteiger partial charge in [-0.2, -0.15) is 0 Å². The Morgan fingerprint density at radius 3 is 2.32 bits per heavy atom. The summed E-state index contributed by atoms with van der Waals surface area (Å²) in [7, 11) is -3.20. The molecule has 106 valence electrons. The fraction of sp³-hybridized carbons (Fsp3) is 0.417. The summed E-state index contributed by atoms with van der Waals surface area (Å²) < 4.78 is 23.8. The third-order valence-electron chi connectivity index (χ3n) is 2.32. The Labute approximate surface area is 113 Å². The molecule has 0 bridgehead atoms. The van der Waals surface area contributed by atoms with E-state index in [9.17, 15) is 13.2 Å². The zero-order chi connectivity index (χ0) is 14.1. The average molecular weight is 285 g/mol. The normalized spacial score (nSPS) is 11.0. The molecule has 1 rings (SSSR count). The lowest BCUT2D eigenvalue weighted by molar-refractivity contribution is 0.241. The molecule has 0 heterocycles. The molecule has 0 radical (unpaired) electrons. The van der Waals surface area contributed by atoms with Gasteiger partial charge in [-0.25, -0.2) is 17.9 Å². The summed E-state index contributed by atoms with van der Waals surface area (Å²) in [5, 5.41) is 5.27. The predicted molar refractivity (Wildman–Crippen MR) is 74.4 cm³/mol. The topological polar surface area (TPSA) is 87.3 Å². The predicted octanol–water partition coefficient (Wildman–Crippen LogP) is 0.0775. The van der Waals surface area contributed by atoms with Gasteiger partial charge in [-0.3, -0.25) is 0 Å². The molecule has 7 heteroatoms. The summed E-state index contributed by atoms with van der Waals surface area (Å²) in [6, 6.07) is 9.54. The lowest BCUT2D eigenvalue weighted by atomic mass is 10.1. The third-order valence-corrected chi connectivity index (χ3v) is 3.05. The molecule has 0 aliphatic heterocycles. The van der Waals surface area contributed by atoms with Crippen molar-refractivity contribution < 1.29 is 13.2 Å². The van der Waals surface area contributed by atoms with Crippen molar-refractivity contribution in [1.82, 2.24) is 15.4 Å². The molecule has 0 saturated carbocycles. The van der Waals surface area contributed by atoms with Crippen LogP contribution in [0.4, 0.5) is 4.79 Å². The highest BCUT2D eigenvalue weighted by Crippen LogP contribution is 1.97. The quantitative estimate of drug-likeness (QED) is 0.620. The average Bonchev–Trinajstić information content (AvgIpc) is 2.35. The Kier molecular flexibility index (Phi) is 6.31. The molecular formula is C12H19N3O3S. The van der Waals surface area contributed by atoms with Crippen molar-refractivity contribution >= 4 is 16.1 Å². The highest BCUT2D eigenvalue weighted by molar-refractivity contribution is 7.88. The number of carbonyl (C=O) groups excluding carboxylic acids is 1. The number of rotatable bonds is 7. The number of urea groups is 1. The van der Waals surface area contributed by atoms with Gasteiger partial charge in [0.1, 0.15) is 0 Å². The summed E-state index contributed by atoms with van der Waals surface area (Å²) >= 11 is 0. The minimum Gasteiger partial charge on any atom is -0.338 e. The van der Waals surface area contributed by atoms with Crippen molar-refractivity contribution in [2.45, 2.75) is 6.42 Å². The SMILES string of the molecule is CS(=O)(=O)NCCNC(=O)NCCc1ccccc1. The Morgan fingerprint density at radius 2 is 1.68 bits per heavy atom. The maximum atomic E-state index is 11.4. The highest BCUT2D eigenvalue weighted by Gasteiger charge is 2.01. The Hall–Kier alpha value is -1.60. The van der Waals surface area contributed by atoms with Crippen LogP contribution in [0, 0.1) is 0 Å². The first-order valence-electron chi connectivity index (χ1n) is 5.97. The number of hydrogen-bond donors (Lipinski definition) is 3. The van der Waals surface area contributed by atoms with Crippen LogP contribution in [0.15, 0.2) is 30.3 Å². The van der Waals surface area contributed by atoms with E-state index in [1.165, 1.54) is 0 Å². The van der Waals surface area contributed by atoms with E-state index in [1.54, 1.807) is 0 Å². The Balaban J connectivity index is 2.08. The smallest absolute Gasteiger partial charge is 0.314 e. The third kappa shape index (κ3) is 8.17. The maximum Gasteiger partial charge on any atom is 0.314 e. The minimum atomic E-state index is -3.20. The molecule has 6 nitrogen and oxygen atoms in total. The van der Waals surface area contributed by atoms with E-state index in [0.717, 1.165) is 18.2 Å². The fourth-order valence-corrected chi connectivity index (χ4v) is 1.91. The van der Waals surface area contributed by atoms with Crippen molar-refractivity contribution in [2.75, 3.05) is 25.9 Å². The standard InChI is InChI=1S/C12H19N3O3S/c1-19(17,18)15-10-9-14-12(16)13-8-7-11-5-3-2-4-6-11/h2-6,15H,7-10H2,1H3,(H2,13,14,16). The van der Waals surface area contributed by atoms with Gasteiger partial charge in [0.25, 0.3) is 0 Å². The zero-order valence-corrected chi connectivity index (χ0v) is 11.7. The van der Waals surface area contributed by atoms with Gasteiger partial charge >= 0.3 is 6.03 Å². The molecule has 1 aromatic carbocycles. The van der Waals surface area contributed by atoms with Gasteiger partial charge in [0.15, 0.2) is 0 Å². The summed E-state index contributed by atoms with van der Waals surface area (Å²) in [5.41, 5.74) is 1.15. The summed E-state index contributed by atoms with van der Waals surface area (Å²) in [6.07, 6.45) is 1.84. The number of hydrogen-bond acceptors (Lipinski definition) is 3. The first-order chi connectivity index (χ1) is 8.97. The van der Waals surface area contributed by atoms with Crippen LogP contribution in [0.5, 0.6) is 0 Å². The van der Waals surface area contributed by atoms with Gasteiger partial charge in [-0.05, 0) is 12.0 Å². The van der Waals surface area contributed by atoms with Gasteiger partial charge in [-0.15, -0.1) is 0 Å². The van der Waals surface area contributed by atoms with Gasteiger partial charge in [0, 0.05) is 19.6 Å². The second-order valence-corrected chi connectivity index (χ2v) is 5.92. The highest BCUT2D eigenvalue weighted by atomic mass is 32.2.